The van der Waals surface area contributed by atoms with Gasteiger partial charge in [0.15, 0.2) is 5.65 Å². The lowest BCUT2D eigenvalue weighted by atomic mass is 10.2. The molecule has 2 N–H and O–H groups in total. The molecule has 1 amide bonds. The molecule has 0 fully saturated rings. The SMILES string of the molecule is Cc1cc(NCC(=O)NCC(C)C)n2ncnc2c1. The number of amides is 1. The van der Waals surface area contributed by atoms with Gasteiger partial charge in [-0.3, -0.25) is 4.79 Å². The van der Waals surface area contributed by atoms with Gasteiger partial charge in [0.05, 0.1) is 6.54 Å². The molecule has 0 spiro atoms. The van der Waals surface area contributed by atoms with E-state index in [9.17, 15) is 4.79 Å². The first-order valence-electron chi connectivity index (χ1n) is 6.37. The molecular weight excluding hydrogens is 242 g/mol. The number of pyridine rings is 1. The molecule has 102 valence electrons. The van der Waals surface area contributed by atoms with Gasteiger partial charge in [0.1, 0.15) is 12.1 Å². The highest BCUT2D eigenvalue weighted by Gasteiger charge is 2.06. The Morgan fingerprint density at radius 1 is 1.42 bits per heavy atom. The zero-order valence-corrected chi connectivity index (χ0v) is 11.5. The summed E-state index contributed by atoms with van der Waals surface area (Å²) in [5, 5.41) is 10.1. The van der Waals surface area contributed by atoms with E-state index in [0.29, 0.717) is 12.5 Å². The van der Waals surface area contributed by atoms with Gasteiger partial charge >= 0.3 is 0 Å². The second-order valence-electron chi connectivity index (χ2n) is 5.00. The van der Waals surface area contributed by atoms with Crippen molar-refractivity contribution in [2.45, 2.75) is 20.8 Å². The molecule has 0 radical (unpaired) electrons. The monoisotopic (exact) mass is 261 g/mol. The van der Waals surface area contributed by atoms with Gasteiger partial charge in [-0.1, -0.05) is 13.8 Å². The number of nitrogens with zero attached hydrogens (tertiary/aromatic N) is 3. The number of anilines is 1. The molecule has 6 heteroatoms. The van der Waals surface area contributed by atoms with Crippen molar-refractivity contribution in [3.63, 3.8) is 0 Å². The molecule has 0 aliphatic heterocycles. The van der Waals surface area contributed by atoms with Crippen LogP contribution in [0, 0.1) is 12.8 Å². The first kappa shape index (κ1) is 13.3. The molecular formula is C13H19N5O. The molecule has 2 rings (SSSR count). The van der Waals surface area contributed by atoms with Crippen LogP contribution in [-0.4, -0.2) is 33.6 Å². The Balaban J connectivity index is 2.01. The molecule has 0 aromatic carbocycles. The van der Waals surface area contributed by atoms with Crippen molar-refractivity contribution in [3.8, 4) is 0 Å². The molecule has 0 aliphatic carbocycles. The third kappa shape index (κ3) is 3.43. The number of nitrogens with one attached hydrogen (secondary N) is 2. The van der Waals surface area contributed by atoms with Crippen molar-refractivity contribution in [1.29, 1.82) is 0 Å². The van der Waals surface area contributed by atoms with Crippen LogP contribution in [0.4, 0.5) is 5.82 Å². The Kier molecular flexibility index (Phi) is 3.99. The van der Waals surface area contributed by atoms with E-state index >= 15 is 0 Å². The molecule has 19 heavy (non-hydrogen) atoms. The van der Waals surface area contributed by atoms with E-state index < -0.39 is 0 Å². The zero-order chi connectivity index (χ0) is 13.8. The number of fused-ring (bicyclic) bond motifs is 1. The predicted octanol–water partition coefficient (Wildman–Crippen LogP) is 1.22. The van der Waals surface area contributed by atoms with Gasteiger partial charge in [-0.15, -0.1) is 0 Å². The first-order chi connectivity index (χ1) is 9.06. The zero-order valence-electron chi connectivity index (χ0n) is 11.5. The maximum absolute atomic E-state index is 11.7. The van der Waals surface area contributed by atoms with E-state index in [1.807, 2.05) is 19.1 Å². The molecule has 2 heterocycles. The standard InChI is InChI=1S/C13H19N5O/c1-9(2)6-15-13(19)7-14-11-4-10(3)5-12-16-8-17-18(11)12/h4-5,8-9,14H,6-7H2,1-3H3,(H,15,19). The van der Waals surface area contributed by atoms with Crippen molar-refractivity contribution in [2.75, 3.05) is 18.4 Å². The normalized spacial score (nSPS) is 10.9. The smallest absolute Gasteiger partial charge is 0.239 e. The number of hydrogen-bond donors (Lipinski definition) is 2. The van der Waals surface area contributed by atoms with Gasteiger partial charge in [-0.2, -0.15) is 9.61 Å². The second kappa shape index (κ2) is 5.69. The van der Waals surface area contributed by atoms with Crippen LogP contribution in [0.1, 0.15) is 19.4 Å². The van der Waals surface area contributed by atoms with Gasteiger partial charge < -0.3 is 10.6 Å². The quantitative estimate of drug-likeness (QED) is 0.849. The number of hydrogen-bond acceptors (Lipinski definition) is 4. The van der Waals surface area contributed by atoms with Crippen LogP contribution < -0.4 is 10.6 Å². The molecule has 6 nitrogen and oxygen atoms in total. The number of aryl methyl sites for hydroxylation is 1. The number of carbonyl (C=O) groups excluding carboxylic acids is 1. The lowest BCUT2D eigenvalue weighted by molar-refractivity contribution is -0.119. The highest BCUT2D eigenvalue weighted by molar-refractivity contribution is 5.80. The average Bonchev–Trinajstić information content (AvgIpc) is 2.81. The first-order valence-corrected chi connectivity index (χ1v) is 6.37. The van der Waals surface area contributed by atoms with E-state index in [1.54, 1.807) is 4.52 Å². The Morgan fingerprint density at radius 3 is 2.95 bits per heavy atom. The maximum atomic E-state index is 11.7. The summed E-state index contributed by atoms with van der Waals surface area (Å²) in [6.07, 6.45) is 1.50. The fourth-order valence-electron chi connectivity index (χ4n) is 1.73. The molecule has 0 saturated carbocycles. The molecule has 0 unspecified atom stereocenters. The summed E-state index contributed by atoms with van der Waals surface area (Å²) in [6.45, 7) is 7.03. The van der Waals surface area contributed by atoms with E-state index in [-0.39, 0.29) is 12.5 Å². The van der Waals surface area contributed by atoms with Gasteiger partial charge in [0, 0.05) is 6.54 Å². The van der Waals surface area contributed by atoms with Crippen molar-refractivity contribution >= 4 is 17.4 Å². The Hall–Kier alpha value is -2.11. The molecule has 2 aromatic heterocycles. The molecule has 2 aromatic rings. The molecule has 0 bridgehead atoms. The summed E-state index contributed by atoms with van der Waals surface area (Å²) in [4.78, 5) is 15.8. The van der Waals surface area contributed by atoms with Crippen LogP contribution in [0.5, 0.6) is 0 Å². The summed E-state index contributed by atoms with van der Waals surface area (Å²) in [7, 11) is 0. The third-order valence-electron chi connectivity index (χ3n) is 2.66. The summed E-state index contributed by atoms with van der Waals surface area (Å²) in [5.41, 5.74) is 1.84. The summed E-state index contributed by atoms with van der Waals surface area (Å²) in [6, 6.07) is 3.88. The number of rotatable bonds is 5. The second-order valence-corrected chi connectivity index (χ2v) is 5.00. The highest BCUT2D eigenvalue weighted by Crippen LogP contribution is 2.12. The van der Waals surface area contributed by atoms with E-state index in [1.165, 1.54) is 6.33 Å². The average molecular weight is 261 g/mol. The number of aromatic nitrogens is 3. The summed E-state index contributed by atoms with van der Waals surface area (Å²) < 4.78 is 1.68. The molecule has 0 aliphatic rings. The van der Waals surface area contributed by atoms with E-state index in [0.717, 1.165) is 17.0 Å². The fourth-order valence-corrected chi connectivity index (χ4v) is 1.73. The van der Waals surface area contributed by atoms with Crippen LogP contribution in [0.3, 0.4) is 0 Å². The number of carbonyl (C=O) groups is 1. The lowest BCUT2D eigenvalue weighted by Gasteiger charge is -2.10. The van der Waals surface area contributed by atoms with Crippen molar-refractivity contribution in [2.24, 2.45) is 5.92 Å². The van der Waals surface area contributed by atoms with Crippen LogP contribution in [0.15, 0.2) is 18.5 Å². The minimum Gasteiger partial charge on any atom is -0.361 e. The van der Waals surface area contributed by atoms with Gasteiger partial charge in [0.25, 0.3) is 0 Å². The van der Waals surface area contributed by atoms with E-state index in [4.69, 9.17) is 0 Å². The summed E-state index contributed by atoms with van der Waals surface area (Å²) in [5.74, 6) is 1.20. The largest absolute Gasteiger partial charge is 0.361 e. The van der Waals surface area contributed by atoms with Crippen LogP contribution >= 0.6 is 0 Å². The van der Waals surface area contributed by atoms with Crippen LogP contribution in [-0.2, 0) is 4.79 Å². The maximum Gasteiger partial charge on any atom is 0.239 e. The van der Waals surface area contributed by atoms with Crippen molar-refractivity contribution in [1.82, 2.24) is 19.9 Å². The topological polar surface area (TPSA) is 71.3 Å². The fraction of sp³-hybridized carbons (Fsp3) is 0.462. The van der Waals surface area contributed by atoms with Crippen LogP contribution in [0.25, 0.3) is 5.65 Å². The van der Waals surface area contributed by atoms with E-state index in [2.05, 4.69) is 34.6 Å². The minimum atomic E-state index is -0.0246. The van der Waals surface area contributed by atoms with Gasteiger partial charge in [-0.05, 0) is 30.5 Å². The van der Waals surface area contributed by atoms with Crippen LogP contribution in [0.2, 0.25) is 0 Å². The Labute approximate surface area is 112 Å². The third-order valence-corrected chi connectivity index (χ3v) is 2.66. The highest BCUT2D eigenvalue weighted by atomic mass is 16.1. The Bertz CT molecular complexity index is 575. The van der Waals surface area contributed by atoms with Crippen molar-refractivity contribution in [3.05, 3.63) is 24.0 Å². The van der Waals surface area contributed by atoms with Gasteiger partial charge in [0.2, 0.25) is 5.91 Å². The molecule has 0 saturated heterocycles. The minimum absolute atomic E-state index is 0.0246. The predicted molar refractivity (Wildman–Crippen MR) is 74.1 cm³/mol. The molecule has 0 atom stereocenters. The summed E-state index contributed by atoms with van der Waals surface area (Å²) >= 11 is 0. The lowest BCUT2D eigenvalue weighted by Crippen LogP contribution is -2.32. The Morgan fingerprint density at radius 2 is 2.21 bits per heavy atom. The van der Waals surface area contributed by atoms with Crippen molar-refractivity contribution < 1.29 is 4.79 Å². The van der Waals surface area contributed by atoms with Gasteiger partial charge in [-0.25, -0.2) is 4.98 Å².